The Hall–Kier alpha value is -1.22. The molecule has 2 saturated heterocycles. The van der Waals surface area contributed by atoms with Gasteiger partial charge in [-0.15, -0.1) is 11.8 Å². The van der Waals surface area contributed by atoms with Crippen LogP contribution < -0.4 is 5.48 Å². The minimum Gasteiger partial charge on any atom is -0.338 e. The van der Waals surface area contributed by atoms with E-state index in [-0.39, 0.29) is 22.3 Å². The Morgan fingerprint density at radius 1 is 1.41 bits per heavy atom. The van der Waals surface area contributed by atoms with Crippen LogP contribution in [0.25, 0.3) is 0 Å². The van der Waals surface area contributed by atoms with Gasteiger partial charge in [0, 0.05) is 19.1 Å². The van der Waals surface area contributed by atoms with E-state index in [1.807, 2.05) is 13.8 Å². The molecule has 3 unspecified atom stereocenters. The Kier molecular flexibility index (Phi) is 8.03. The second-order valence-electron chi connectivity index (χ2n) is 7.29. The molecule has 0 aromatic carbocycles. The average molecular weight is 417 g/mol. The smallest absolute Gasteiger partial charge is 0.338 e. The molecule has 0 aromatic rings. The number of carbonyl (C=O) groups is 4. The fraction of sp³-hybridized carbons (Fsp3) is 0.778. The van der Waals surface area contributed by atoms with Gasteiger partial charge in [0.2, 0.25) is 5.91 Å². The molecule has 0 aromatic heterocycles. The van der Waals surface area contributed by atoms with Crippen molar-refractivity contribution in [3.63, 3.8) is 0 Å². The van der Waals surface area contributed by atoms with Crippen LogP contribution in [0.2, 0.25) is 0 Å². The molecule has 27 heavy (non-hydrogen) atoms. The van der Waals surface area contributed by atoms with Crippen LogP contribution in [-0.2, 0) is 24.0 Å². The van der Waals surface area contributed by atoms with Gasteiger partial charge in [0.1, 0.15) is 6.04 Å². The van der Waals surface area contributed by atoms with Crippen molar-refractivity contribution in [2.45, 2.75) is 70.0 Å². The second-order valence-corrected chi connectivity index (χ2v) is 9.82. The molecule has 0 aliphatic carbocycles. The topological polar surface area (TPSA) is 92.8 Å². The van der Waals surface area contributed by atoms with Gasteiger partial charge in [-0.1, -0.05) is 39.0 Å². The number of thioether (sulfide) groups is 2. The molecule has 2 heterocycles. The number of hydrogen-bond acceptors (Lipinski definition) is 7. The summed E-state index contributed by atoms with van der Waals surface area (Å²) in [5, 5.41) is -0.794. The molecule has 2 amide bonds. The van der Waals surface area contributed by atoms with Crippen molar-refractivity contribution >= 4 is 46.4 Å². The third kappa shape index (κ3) is 5.63. The first-order valence-electron chi connectivity index (χ1n) is 9.35. The summed E-state index contributed by atoms with van der Waals surface area (Å²) >= 11 is 2.52. The Morgan fingerprint density at radius 3 is 2.74 bits per heavy atom. The van der Waals surface area contributed by atoms with Crippen LogP contribution in [0.5, 0.6) is 0 Å². The summed E-state index contributed by atoms with van der Waals surface area (Å²) in [6.45, 7) is 7.32. The van der Waals surface area contributed by atoms with Gasteiger partial charge in [0.15, 0.2) is 5.12 Å². The maximum Gasteiger partial charge on any atom is 0.355 e. The Bertz CT molecular complexity index is 600. The molecule has 0 saturated carbocycles. The second kappa shape index (κ2) is 9.82. The Labute approximate surface area is 168 Å². The highest BCUT2D eigenvalue weighted by Crippen LogP contribution is 2.37. The molecular weight excluding hydrogens is 388 g/mol. The number of nitrogens with zero attached hydrogens (tertiary/aromatic N) is 1. The zero-order valence-electron chi connectivity index (χ0n) is 16.2. The summed E-state index contributed by atoms with van der Waals surface area (Å²) < 4.78 is 0. The number of nitrogens with one attached hydrogen (secondary N) is 1. The number of fused-ring (bicyclic) bond motifs is 1. The SMILES string of the molecule is CC[C@H](C)[C@H](SC(C)=O)C(=O)NOC(=O)C1CSC2CC(C)CCC(=O)N21. The standard InChI is InChI=1S/C18H28N2O5S2/c1-5-11(3)16(27-12(4)21)17(23)19-25-18(24)13-9-26-15-8-10(2)6-7-14(22)20(13)15/h10-11,13,15-16H,5-9H2,1-4H3,(H,19,23)/t10?,11-,13?,15?,16-/m0/s1. The molecule has 1 N–H and O–H groups in total. The minimum atomic E-state index is -0.680. The van der Waals surface area contributed by atoms with Crippen molar-refractivity contribution in [1.82, 2.24) is 10.4 Å². The average Bonchev–Trinajstić information content (AvgIpc) is 2.98. The van der Waals surface area contributed by atoms with Gasteiger partial charge in [-0.3, -0.25) is 14.4 Å². The lowest BCUT2D eigenvalue weighted by atomic mass is 10.0. The van der Waals surface area contributed by atoms with Crippen LogP contribution in [0.3, 0.4) is 0 Å². The van der Waals surface area contributed by atoms with Gasteiger partial charge in [-0.25, -0.2) is 4.79 Å². The van der Waals surface area contributed by atoms with E-state index in [1.165, 1.54) is 6.92 Å². The number of amides is 2. The van der Waals surface area contributed by atoms with Crippen molar-refractivity contribution in [3.05, 3.63) is 0 Å². The molecule has 9 heteroatoms. The summed E-state index contributed by atoms with van der Waals surface area (Å²) in [5.74, 6) is -0.307. The largest absolute Gasteiger partial charge is 0.355 e. The summed E-state index contributed by atoms with van der Waals surface area (Å²) in [6.07, 6.45) is 2.83. The number of rotatable bonds is 5. The number of hydroxylamine groups is 1. The Balaban J connectivity index is 1.97. The van der Waals surface area contributed by atoms with Crippen molar-refractivity contribution in [1.29, 1.82) is 0 Å². The van der Waals surface area contributed by atoms with E-state index in [4.69, 9.17) is 4.84 Å². The van der Waals surface area contributed by atoms with Crippen molar-refractivity contribution in [2.24, 2.45) is 11.8 Å². The van der Waals surface area contributed by atoms with Crippen LogP contribution in [0, 0.1) is 11.8 Å². The fourth-order valence-electron chi connectivity index (χ4n) is 3.27. The summed E-state index contributed by atoms with van der Waals surface area (Å²) in [6, 6.07) is -0.680. The van der Waals surface area contributed by atoms with E-state index in [0.717, 1.165) is 24.6 Å². The van der Waals surface area contributed by atoms with E-state index in [2.05, 4.69) is 12.4 Å². The van der Waals surface area contributed by atoms with Crippen LogP contribution in [0.15, 0.2) is 0 Å². The Morgan fingerprint density at radius 2 is 2.11 bits per heavy atom. The molecule has 2 fully saturated rings. The van der Waals surface area contributed by atoms with E-state index >= 15 is 0 Å². The van der Waals surface area contributed by atoms with E-state index in [0.29, 0.717) is 24.5 Å². The molecule has 5 atom stereocenters. The lowest BCUT2D eigenvalue weighted by molar-refractivity contribution is -0.164. The first-order chi connectivity index (χ1) is 12.7. The first kappa shape index (κ1) is 22.1. The fourth-order valence-corrected chi connectivity index (χ4v) is 5.80. The number of carbonyl (C=O) groups excluding carboxylic acids is 4. The third-order valence-corrected chi connectivity index (χ3v) is 7.65. The highest BCUT2D eigenvalue weighted by atomic mass is 32.2. The van der Waals surface area contributed by atoms with Crippen molar-refractivity contribution in [2.75, 3.05) is 5.75 Å². The lowest BCUT2D eigenvalue weighted by Gasteiger charge is -2.27. The predicted molar refractivity (Wildman–Crippen MR) is 106 cm³/mol. The number of hydrogen-bond donors (Lipinski definition) is 1. The zero-order valence-corrected chi connectivity index (χ0v) is 17.9. The van der Waals surface area contributed by atoms with Gasteiger partial charge < -0.3 is 9.74 Å². The van der Waals surface area contributed by atoms with Crippen LogP contribution in [-0.4, -0.2) is 50.2 Å². The highest BCUT2D eigenvalue weighted by Gasteiger charge is 2.44. The molecular formula is C18H28N2O5S2. The monoisotopic (exact) mass is 416 g/mol. The van der Waals surface area contributed by atoms with Gasteiger partial charge in [0.05, 0.1) is 10.6 Å². The maximum atomic E-state index is 12.5. The molecule has 152 valence electrons. The molecule has 2 aliphatic rings. The summed E-state index contributed by atoms with van der Waals surface area (Å²) in [4.78, 5) is 55.4. The molecule has 7 nitrogen and oxygen atoms in total. The normalized spacial score (nSPS) is 27.3. The maximum absolute atomic E-state index is 12.5. The first-order valence-corrected chi connectivity index (χ1v) is 11.3. The highest BCUT2D eigenvalue weighted by molar-refractivity contribution is 8.14. The van der Waals surface area contributed by atoms with Gasteiger partial charge in [-0.05, 0) is 24.7 Å². The van der Waals surface area contributed by atoms with E-state index < -0.39 is 23.2 Å². The van der Waals surface area contributed by atoms with Gasteiger partial charge in [0.25, 0.3) is 5.91 Å². The minimum absolute atomic E-state index is 0.00983. The molecule has 0 spiro atoms. The quantitative estimate of drug-likeness (QED) is 0.688. The van der Waals surface area contributed by atoms with E-state index in [1.54, 1.807) is 16.7 Å². The van der Waals surface area contributed by atoms with Crippen molar-refractivity contribution in [3.8, 4) is 0 Å². The predicted octanol–water partition coefficient (Wildman–Crippen LogP) is 2.35. The summed E-state index contributed by atoms with van der Waals surface area (Å²) in [5.41, 5.74) is 2.21. The molecule has 2 rings (SSSR count). The molecule has 2 aliphatic heterocycles. The zero-order chi connectivity index (χ0) is 20.1. The van der Waals surface area contributed by atoms with Crippen LogP contribution in [0.4, 0.5) is 0 Å². The molecule has 0 radical (unpaired) electrons. The van der Waals surface area contributed by atoms with Crippen molar-refractivity contribution < 1.29 is 24.0 Å². The van der Waals surface area contributed by atoms with Gasteiger partial charge in [-0.2, -0.15) is 5.48 Å². The van der Waals surface area contributed by atoms with E-state index in [9.17, 15) is 19.2 Å². The summed E-state index contributed by atoms with van der Waals surface area (Å²) in [7, 11) is 0. The molecule has 0 bridgehead atoms. The van der Waals surface area contributed by atoms with Crippen LogP contribution in [0.1, 0.15) is 53.4 Å². The lowest BCUT2D eigenvalue weighted by Crippen LogP contribution is -2.48. The van der Waals surface area contributed by atoms with Gasteiger partial charge >= 0.3 is 5.97 Å². The van der Waals surface area contributed by atoms with Crippen LogP contribution >= 0.6 is 23.5 Å². The third-order valence-electron chi connectivity index (χ3n) is 5.07.